The van der Waals surface area contributed by atoms with Crippen molar-refractivity contribution in [3.63, 3.8) is 0 Å². The van der Waals surface area contributed by atoms with Crippen LogP contribution in [0.1, 0.15) is 26.2 Å². The van der Waals surface area contributed by atoms with Crippen LogP contribution in [0, 0.1) is 5.41 Å². The summed E-state index contributed by atoms with van der Waals surface area (Å²) in [6, 6.07) is 0. The standard InChI is InChI=1S/C8H11ClO2/c1-8(5-10)4-2-3-6(9)7(8)11/h5-6H,2-4H2,1H3. The minimum Gasteiger partial charge on any atom is -0.302 e. The van der Waals surface area contributed by atoms with Crippen molar-refractivity contribution in [2.75, 3.05) is 0 Å². The van der Waals surface area contributed by atoms with Crippen molar-refractivity contribution in [3.05, 3.63) is 0 Å². The number of carbonyl (C=O) groups is 2. The summed E-state index contributed by atoms with van der Waals surface area (Å²) in [6.07, 6.45) is 2.96. The maximum atomic E-state index is 11.3. The van der Waals surface area contributed by atoms with Gasteiger partial charge < -0.3 is 4.79 Å². The molecular weight excluding hydrogens is 164 g/mol. The zero-order chi connectivity index (χ0) is 8.48. The molecule has 2 unspecified atom stereocenters. The van der Waals surface area contributed by atoms with E-state index in [1.54, 1.807) is 6.92 Å². The summed E-state index contributed by atoms with van der Waals surface area (Å²) in [6.45, 7) is 1.66. The first-order valence-corrected chi connectivity index (χ1v) is 4.18. The largest absolute Gasteiger partial charge is 0.302 e. The Labute approximate surface area is 70.9 Å². The molecule has 0 spiro atoms. The number of alkyl halides is 1. The van der Waals surface area contributed by atoms with Crippen LogP contribution in [0.25, 0.3) is 0 Å². The molecule has 1 fully saturated rings. The lowest BCUT2D eigenvalue weighted by atomic mass is 9.76. The summed E-state index contributed by atoms with van der Waals surface area (Å²) in [4.78, 5) is 21.9. The minimum atomic E-state index is -0.801. The smallest absolute Gasteiger partial charge is 0.163 e. The first kappa shape index (κ1) is 8.72. The highest BCUT2D eigenvalue weighted by molar-refractivity contribution is 6.33. The lowest BCUT2D eigenvalue weighted by Gasteiger charge is -2.28. The molecule has 2 nitrogen and oxygen atoms in total. The lowest BCUT2D eigenvalue weighted by Crippen LogP contribution is -2.39. The Hall–Kier alpha value is -0.370. The van der Waals surface area contributed by atoms with Crippen molar-refractivity contribution in [1.82, 2.24) is 0 Å². The van der Waals surface area contributed by atoms with Crippen LogP contribution >= 0.6 is 11.6 Å². The summed E-state index contributed by atoms with van der Waals surface area (Å²) in [5, 5.41) is -0.445. The molecule has 62 valence electrons. The molecule has 1 rings (SSSR count). The van der Waals surface area contributed by atoms with Crippen molar-refractivity contribution >= 4 is 23.7 Å². The molecule has 0 radical (unpaired) electrons. The molecule has 11 heavy (non-hydrogen) atoms. The van der Waals surface area contributed by atoms with E-state index in [0.29, 0.717) is 12.8 Å². The van der Waals surface area contributed by atoms with Gasteiger partial charge >= 0.3 is 0 Å². The van der Waals surface area contributed by atoms with E-state index in [2.05, 4.69) is 0 Å². The van der Waals surface area contributed by atoms with E-state index in [1.807, 2.05) is 0 Å². The molecule has 0 aromatic carbocycles. The van der Waals surface area contributed by atoms with Gasteiger partial charge in [0.2, 0.25) is 0 Å². The number of hydrogen-bond acceptors (Lipinski definition) is 2. The highest BCUT2D eigenvalue weighted by Gasteiger charge is 2.39. The van der Waals surface area contributed by atoms with Gasteiger partial charge in [-0.15, -0.1) is 11.6 Å². The Morgan fingerprint density at radius 1 is 1.73 bits per heavy atom. The maximum absolute atomic E-state index is 11.3. The van der Waals surface area contributed by atoms with Crippen LogP contribution in [0.15, 0.2) is 0 Å². The molecule has 0 aromatic rings. The maximum Gasteiger partial charge on any atom is 0.163 e. The van der Waals surface area contributed by atoms with Crippen LogP contribution in [0.3, 0.4) is 0 Å². The molecule has 2 atom stereocenters. The fraction of sp³-hybridized carbons (Fsp3) is 0.750. The van der Waals surface area contributed by atoms with Crippen LogP contribution in [0.5, 0.6) is 0 Å². The quantitative estimate of drug-likeness (QED) is 0.344. The number of aldehydes is 1. The summed E-state index contributed by atoms with van der Waals surface area (Å²) in [5.74, 6) is -0.111. The highest BCUT2D eigenvalue weighted by atomic mass is 35.5. The molecule has 0 amide bonds. The monoisotopic (exact) mass is 174 g/mol. The minimum absolute atomic E-state index is 0.111. The van der Waals surface area contributed by atoms with E-state index in [9.17, 15) is 9.59 Å². The van der Waals surface area contributed by atoms with Gasteiger partial charge in [0.05, 0.1) is 10.8 Å². The van der Waals surface area contributed by atoms with Crippen LogP contribution in [-0.2, 0) is 9.59 Å². The third-order valence-electron chi connectivity index (χ3n) is 2.26. The Morgan fingerprint density at radius 2 is 2.36 bits per heavy atom. The number of carbonyl (C=O) groups excluding carboxylic acids is 2. The third-order valence-corrected chi connectivity index (χ3v) is 2.68. The zero-order valence-electron chi connectivity index (χ0n) is 6.47. The van der Waals surface area contributed by atoms with Crippen LogP contribution < -0.4 is 0 Å². The number of ketones is 1. The summed E-state index contributed by atoms with van der Waals surface area (Å²) in [7, 11) is 0. The molecule has 0 aromatic heterocycles. The number of rotatable bonds is 1. The Balaban J connectivity index is 2.80. The van der Waals surface area contributed by atoms with Gasteiger partial charge in [-0.1, -0.05) is 6.42 Å². The summed E-state index contributed by atoms with van der Waals surface area (Å²) < 4.78 is 0. The van der Waals surface area contributed by atoms with Gasteiger partial charge in [0.25, 0.3) is 0 Å². The molecule has 0 N–H and O–H groups in total. The SMILES string of the molecule is CC1(C=O)CCCC(Cl)C1=O. The molecule has 0 aliphatic heterocycles. The Bertz CT molecular complexity index is 191. The Morgan fingerprint density at radius 3 is 2.82 bits per heavy atom. The average Bonchev–Trinajstić information content (AvgIpc) is 2.00. The number of hydrogen-bond donors (Lipinski definition) is 0. The van der Waals surface area contributed by atoms with Gasteiger partial charge in [-0.25, -0.2) is 0 Å². The average molecular weight is 175 g/mol. The summed E-state index contributed by atoms with van der Waals surface area (Å²) in [5.41, 5.74) is -0.801. The Kier molecular flexibility index (Phi) is 2.33. The highest BCUT2D eigenvalue weighted by Crippen LogP contribution is 2.33. The fourth-order valence-electron chi connectivity index (χ4n) is 1.38. The molecule has 1 aliphatic rings. The fourth-order valence-corrected chi connectivity index (χ4v) is 1.78. The molecule has 1 aliphatic carbocycles. The van der Waals surface area contributed by atoms with Crippen molar-refractivity contribution in [3.8, 4) is 0 Å². The van der Waals surface area contributed by atoms with Crippen molar-refractivity contribution in [1.29, 1.82) is 0 Å². The van der Waals surface area contributed by atoms with Gasteiger partial charge in [-0.3, -0.25) is 4.79 Å². The van der Waals surface area contributed by atoms with E-state index in [-0.39, 0.29) is 5.78 Å². The van der Waals surface area contributed by atoms with E-state index in [4.69, 9.17) is 11.6 Å². The second-order valence-corrected chi connectivity index (χ2v) is 3.79. The van der Waals surface area contributed by atoms with Crippen molar-refractivity contribution in [2.24, 2.45) is 5.41 Å². The van der Waals surface area contributed by atoms with E-state index < -0.39 is 10.8 Å². The molecule has 1 saturated carbocycles. The predicted molar refractivity (Wildman–Crippen MR) is 42.7 cm³/mol. The van der Waals surface area contributed by atoms with E-state index >= 15 is 0 Å². The normalized spacial score (nSPS) is 38.7. The molecule has 0 bridgehead atoms. The first-order valence-electron chi connectivity index (χ1n) is 3.75. The molecule has 3 heteroatoms. The van der Waals surface area contributed by atoms with Gasteiger partial charge in [0.1, 0.15) is 6.29 Å². The predicted octanol–water partition coefficient (Wildman–Crippen LogP) is 1.55. The van der Waals surface area contributed by atoms with Crippen molar-refractivity contribution in [2.45, 2.75) is 31.6 Å². The zero-order valence-corrected chi connectivity index (χ0v) is 7.23. The molecule has 0 heterocycles. The van der Waals surface area contributed by atoms with Crippen LogP contribution in [-0.4, -0.2) is 17.4 Å². The van der Waals surface area contributed by atoms with E-state index in [1.165, 1.54) is 0 Å². The van der Waals surface area contributed by atoms with Crippen LogP contribution in [0.4, 0.5) is 0 Å². The topological polar surface area (TPSA) is 34.1 Å². The van der Waals surface area contributed by atoms with Gasteiger partial charge in [0, 0.05) is 0 Å². The van der Waals surface area contributed by atoms with Gasteiger partial charge in [0.15, 0.2) is 5.78 Å². The molecule has 0 saturated heterocycles. The van der Waals surface area contributed by atoms with E-state index in [0.717, 1.165) is 12.7 Å². The van der Waals surface area contributed by atoms with Crippen LogP contribution in [0.2, 0.25) is 0 Å². The molecular formula is C8H11ClO2. The number of Topliss-reactive ketones (excluding diaryl/α,β-unsaturated/α-hetero) is 1. The lowest BCUT2D eigenvalue weighted by molar-refractivity contribution is -0.135. The third kappa shape index (κ3) is 1.45. The first-order chi connectivity index (χ1) is 5.10. The second kappa shape index (κ2) is 2.94. The van der Waals surface area contributed by atoms with Gasteiger partial charge in [-0.2, -0.15) is 0 Å². The number of halogens is 1. The second-order valence-electron chi connectivity index (χ2n) is 3.26. The van der Waals surface area contributed by atoms with Crippen molar-refractivity contribution < 1.29 is 9.59 Å². The summed E-state index contributed by atoms with van der Waals surface area (Å²) >= 11 is 5.72. The van der Waals surface area contributed by atoms with Gasteiger partial charge in [-0.05, 0) is 19.8 Å².